The van der Waals surface area contributed by atoms with Crippen LogP contribution < -0.4 is 16.0 Å². The van der Waals surface area contributed by atoms with Gasteiger partial charge in [-0.15, -0.1) is 0 Å². The molecule has 0 unspecified atom stereocenters. The summed E-state index contributed by atoms with van der Waals surface area (Å²) in [5, 5.41) is 8.27. The van der Waals surface area contributed by atoms with E-state index in [1.54, 1.807) is 12.1 Å². The Bertz CT molecular complexity index is 1000. The van der Waals surface area contributed by atoms with E-state index in [9.17, 15) is 18.8 Å². The zero-order chi connectivity index (χ0) is 21.8. The van der Waals surface area contributed by atoms with Gasteiger partial charge in [-0.2, -0.15) is 0 Å². The number of carbonyl (C=O) groups is 3. The monoisotopic (exact) mass is 424 g/mol. The lowest BCUT2D eigenvalue weighted by molar-refractivity contribution is -0.119. The molecule has 0 saturated carbocycles. The normalized spacial score (nSPS) is 15.3. The van der Waals surface area contributed by atoms with Gasteiger partial charge in [-0.3, -0.25) is 14.4 Å². The predicted octanol–water partition coefficient (Wildman–Crippen LogP) is 2.67. The summed E-state index contributed by atoms with van der Waals surface area (Å²) in [6, 6.07) is 10.1. The number of rotatable bonds is 6. The van der Waals surface area contributed by atoms with Crippen molar-refractivity contribution in [3.8, 4) is 0 Å². The summed E-state index contributed by atoms with van der Waals surface area (Å²) in [5.41, 5.74) is 3.01. The molecule has 8 heteroatoms. The molecule has 4 rings (SSSR count). The number of nitrogens with one attached hydrogen (secondary N) is 3. The van der Waals surface area contributed by atoms with Crippen molar-refractivity contribution in [1.29, 1.82) is 0 Å². The first-order valence-electron chi connectivity index (χ1n) is 10.5. The van der Waals surface area contributed by atoms with Gasteiger partial charge in [0.05, 0.1) is 12.2 Å². The first-order valence-corrected chi connectivity index (χ1v) is 10.5. The Morgan fingerprint density at radius 1 is 1.06 bits per heavy atom. The summed E-state index contributed by atoms with van der Waals surface area (Å²) in [5.74, 6) is -0.809. The third kappa shape index (κ3) is 5.02. The molecule has 2 aliphatic heterocycles. The first kappa shape index (κ1) is 20.8. The highest BCUT2D eigenvalue weighted by Crippen LogP contribution is 2.28. The summed E-state index contributed by atoms with van der Waals surface area (Å²) in [7, 11) is 0. The van der Waals surface area contributed by atoms with Crippen LogP contribution in [0.15, 0.2) is 36.4 Å². The highest BCUT2D eigenvalue weighted by Gasteiger charge is 2.19. The van der Waals surface area contributed by atoms with E-state index < -0.39 is 5.82 Å². The minimum atomic E-state index is -0.457. The fraction of sp³-hybridized carbons (Fsp3) is 0.348. The van der Waals surface area contributed by atoms with Gasteiger partial charge in [0.15, 0.2) is 0 Å². The predicted molar refractivity (Wildman–Crippen MR) is 115 cm³/mol. The summed E-state index contributed by atoms with van der Waals surface area (Å²) >= 11 is 0. The van der Waals surface area contributed by atoms with E-state index >= 15 is 0 Å². The van der Waals surface area contributed by atoms with Gasteiger partial charge < -0.3 is 20.9 Å². The topological polar surface area (TPSA) is 90.5 Å². The van der Waals surface area contributed by atoms with Crippen molar-refractivity contribution >= 4 is 29.1 Å². The van der Waals surface area contributed by atoms with Crippen molar-refractivity contribution < 1.29 is 18.8 Å². The molecule has 0 radical (unpaired) electrons. The Morgan fingerprint density at radius 2 is 1.81 bits per heavy atom. The number of fused-ring (bicyclic) bond motifs is 1. The number of halogens is 1. The van der Waals surface area contributed by atoms with Crippen LogP contribution >= 0.6 is 0 Å². The minimum Gasteiger partial charge on any atom is -0.374 e. The third-order valence-electron chi connectivity index (χ3n) is 5.61. The molecule has 0 bridgehead atoms. The molecule has 2 heterocycles. The fourth-order valence-corrected chi connectivity index (χ4v) is 3.84. The van der Waals surface area contributed by atoms with Crippen LogP contribution in [0.25, 0.3) is 0 Å². The average molecular weight is 424 g/mol. The molecule has 3 N–H and O–H groups in total. The molecule has 0 spiro atoms. The molecule has 1 saturated heterocycles. The second kappa shape index (κ2) is 9.16. The van der Waals surface area contributed by atoms with Gasteiger partial charge in [-0.25, -0.2) is 4.39 Å². The maximum atomic E-state index is 14.3. The standard InChI is InChI=1S/C23H25FN4O3/c24-18-11-17-7-8-21(29)27-19(17)12-20(18)25-14-22(30)26-13-15-3-5-16(6-4-15)23(31)28-9-1-2-10-28/h3-6,11-12,25H,1-2,7-10,13-14H2,(H,26,30)(H,27,29). The molecule has 31 heavy (non-hydrogen) atoms. The number of hydrogen-bond acceptors (Lipinski definition) is 4. The largest absolute Gasteiger partial charge is 0.374 e. The van der Waals surface area contributed by atoms with Gasteiger partial charge in [0, 0.05) is 37.3 Å². The van der Waals surface area contributed by atoms with Gasteiger partial charge >= 0.3 is 0 Å². The second-order valence-corrected chi connectivity index (χ2v) is 7.86. The van der Waals surface area contributed by atoms with E-state index in [1.165, 1.54) is 12.1 Å². The molecule has 2 aromatic carbocycles. The van der Waals surface area contributed by atoms with Gasteiger partial charge in [-0.05, 0) is 54.7 Å². The summed E-state index contributed by atoms with van der Waals surface area (Å²) in [6.07, 6.45) is 2.94. The highest BCUT2D eigenvalue weighted by atomic mass is 19.1. The molecule has 0 atom stereocenters. The van der Waals surface area contributed by atoms with E-state index in [0.29, 0.717) is 30.6 Å². The Hall–Kier alpha value is -3.42. The maximum Gasteiger partial charge on any atom is 0.253 e. The van der Waals surface area contributed by atoms with Gasteiger partial charge in [0.2, 0.25) is 11.8 Å². The van der Waals surface area contributed by atoms with Crippen LogP contribution in [0.4, 0.5) is 15.8 Å². The van der Waals surface area contributed by atoms with Crippen molar-refractivity contribution in [3.63, 3.8) is 0 Å². The van der Waals surface area contributed by atoms with Crippen molar-refractivity contribution in [2.45, 2.75) is 32.2 Å². The van der Waals surface area contributed by atoms with Crippen LogP contribution in [0.5, 0.6) is 0 Å². The number of benzene rings is 2. The van der Waals surface area contributed by atoms with Gasteiger partial charge in [-0.1, -0.05) is 12.1 Å². The van der Waals surface area contributed by atoms with Gasteiger partial charge in [0.25, 0.3) is 5.91 Å². The number of amides is 3. The number of likely N-dealkylation sites (tertiary alicyclic amines) is 1. The van der Waals surface area contributed by atoms with Crippen LogP contribution in [0.1, 0.15) is 40.7 Å². The Labute approximate surface area is 180 Å². The molecule has 2 aliphatic rings. The summed E-state index contributed by atoms with van der Waals surface area (Å²) in [6.45, 7) is 1.82. The molecule has 3 amide bonds. The minimum absolute atomic E-state index is 0.0422. The maximum absolute atomic E-state index is 14.3. The molecule has 1 fully saturated rings. The lowest BCUT2D eigenvalue weighted by Gasteiger charge is -2.18. The summed E-state index contributed by atoms with van der Waals surface area (Å²) < 4.78 is 14.3. The first-order chi connectivity index (χ1) is 15.0. The van der Waals surface area contributed by atoms with E-state index in [1.807, 2.05) is 17.0 Å². The molecule has 2 aromatic rings. The van der Waals surface area contributed by atoms with Crippen LogP contribution in [-0.4, -0.2) is 42.3 Å². The lowest BCUT2D eigenvalue weighted by atomic mass is 10.0. The zero-order valence-corrected chi connectivity index (χ0v) is 17.2. The molecule has 0 aromatic heterocycles. The molecule has 0 aliphatic carbocycles. The van der Waals surface area contributed by atoms with Crippen LogP contribution in [0.2, 0.25) is 0 Å². The zero-order valence-electron chi connectivity index (χ0n) is 17.2. The van der Waals surface area contributed by atoms with Crippen LogP contribution in [0.3, 0.4) is 0 Å². The quantitative estimate of drug-likeness (QED) is 0.665. The Morgan fingerprint density at radius 3 is 2.55 bits per heavy atom. The number of carbonyl (C=O) groups excluding carboxylic acids is 3. The van der Waals surface area contributed by atoms with E-state index in [0.717, 1.165) is 37.1 Å². The third-order valence-corrected chi connectivity index (χ3v) is 5.61. The van der Waals surface area contributed by atoms with Crippen molar-refractivity contribution in [3.05, 3.63) is 58.9 Å². The number of anilines is 2. The molecular formula is C23H25FN4O3. The van der Waals surface area contributed by atoms with Crippen molar-refractivity contribution in [2.24, 2.45) is 0 Å². The number of aryl methyl sites for hydroxylation is 1. The van der Waals surface area contributed by atoms with Crippen molar-refractivity contribution in [1.82, 2.24) is 10.2 Å². The van der Waals surface area contributed by atoms with Crippen LogP contribution in [-0.2, 0) is 22.6 Å². The molecule has 162 valence electrons. The van der Waals surface area contributed by atoms with Crippen LogP contribution in [0, 0.1) is 5.82 Å². The summed E-state index contributed by atoms with van der Waals surface area (Å²) in [4.78, 5) is 37.9. The SMILES string of the molecule is O=C(CNc1cc2c(cc1F)CCC(=O)N2)NCc1ccc(C(=O)N2CCCC2)cc1. The second-order valence-electron chi connectivity index (χ2n) is 7.86. The van der Waals surface area contributed by atoms with Crippen molar-refractivity contribution in [2.75, 3.05) is 30.3 Å². The molecular weight excluding hydrogens is 399 g/mol. The average Bonchev–Trinajstić information content (AvgIpc) is 3.31. The van der Waals surface area contributed by atoms with E-state index in [-0.39, 0.29) is 30.0 Å². The highest BCUT2D eigenvalue weighted by molar-refractivity contribution is 5.95. The number of nitrogens with zero attached hydrogens (tertiary/aromatic N) is 1. The van der Waals surface area contributed by atoms with Gasteiger partial charge in [0.1, 0.15) is 5.82 Å². The Balaban J connectivity index is 1.27. The molecule has 7 nitrogen and oxygen atoms in total. The number of hydrogen-bond donors (Lipinski definition) is 3. The Kier molecular flexibility index (Phi) is 6.16. The van der Waals surface area contributed by atoms with E-state index in [4.69, 9.17) is 0 Å². The smallest absolute Gasteiger partial charge is 0.253 e. The van der Waals surface area contributed by atoms with E-state index in [2.05, 4.69) is 16.0 Å². The lowest BCUT2D eigenvalue weighted by Crippen LogP contribution is -2.30. The fourth-order valence-electron chi connectivity index (χ4n) is 3.84.